The van der Waals surface area contributed by atoms with Gasteiger partial charge in [0.05, 0.1) is 4.90 Å². The van der Waals surface area contributed by atoms with Crippen LogP contribution in [0.2, 0.25) is 0 Å². The molecule has 2 N–H and O–H groups in total. The Morgan fingerprint density at radius 2 is 1.96 bits per heavy atom. The van der Waals surface area contributed by atoms with Crippen molar-refractivity contribution in [3.8, 4) is 5.75 Å². The summed E-state index contributed by atoms with van der Waals surface area (Å²) in [7, 11) is -3.93. The van der Waals surface area contributed by atoms with Crippen molar-refractivity contribution in [1.29, 1.82) is 0 Å². The average Bonchev–Trinajstić information content (AvgIpc) is 2.54. The van der Waals surface area contributed by atoms with Crippen LogP contribution in [-0.4, -0.2) is 57.8 Å². The maximum absolute atomic E-state index is 12.1. The van der Waals surface area contributed by atoms with E-state index in [1.54, 1.807) is 4.90 Å². The minimum Gasteiger partial charge on any atom is -0.406 e. The van der Waals surface area contributed by atoms with E-state index in [-0.39, 0.29) is 42.2 Å². The molecule has 1 heterocycles. The monoisotopic (exact) mass is 431 g/mol. The summed E-state index contributed by atoms with van der Waals surface area (Å²) in [5.41, 5.74) is 0. The lowest BCUT2D eigenvalue weighted by Crippen LogP contribution is -2.52. The molecule has 1 amide bonds. The molecule has 2 rings (SSSR count). The SMILES string of the molecule is C[C@@H]1CNCCN1C(=O)CCNS(=O)(=O)c1ccc(OC(F)(F)F)cc1.Cl. The molecule has 1 atom stereocenters. The first kappa shape index (κ1) is 23.5. The molecule has 154 valence electrons. The Labute approximate surface area is 161 Å². The van der Waals surface area contributed by atoms with Crippen molar-refractivity contribution in [1.82, 2.24) is 14.9 Å². The lowest BCUT2D eigenvalue weighted by Gasteiger charge is -2.34. The van der Waals surface area contributed by atoms with Crippen LogP contribution in [0.1, 0.15) is 13.3 Å². The predicted octanol–water partition coefficient (Wildman–Crippen LogP) is 1.50. The predicted molar refractivity (Wildman–Crippen MR) is 94.2 cm³/mol. The fourth-order valence-corrected chi connectivity index (χ4v) is 3.58. The Hall–Kier alpha value is -1.56. The van der Waals surface area contributed by atoms with Crippen LogP contribution in [0.4, 0.5) is 13.2 Å². The molecule has 0 aromatic heterocycles. The molecule has 1 aromatic rings. The molecule has 0 spiro atoms. The smallest absolute Gasteiger partial charge is 0.406 e. The molecule has 0 saturated carbocycles. The Kier molecular flexibility index (Phi) is 8.33. The topological polar surface area (TPSA) is 87.7 Å². The molecular weight excluding hydrogens is 411 g/mol. The molecule has 0 aliphatic carbocycles. The third-order valence-corrected chi connectivity index (χ3v) is 5.30. The first-order valence-corrected chi connectivity index (χ1v) is 9.42. The van der Waals surface area contributed by atoms with Crippen LogP contribution in [0.5, 0.6) is 5.75 Å². The van der Waals surface area contributed by atoms with Crippen LogP contribution >= 0.6 is 12.4 Å². The highest BCUT2D eigenvalue weighted by Gasteiger charge is 2.31. The van der Waals surface area contributed by atoms with Crippen molar-refractivity contribution in [3.05, 3.63) is 24.3 Å². The largest absolute Gasteiger partial charge is 0.573 e. The summed E-state index contributed by atoms with van der Waals surface area (Å²) in [4.78, 5) is 13.6. The quantitative estimate of drug-likeness (QED) is 0.712. The maximum atomic E-state index is 12.1. The van der Waals surface area contributed by atoms with E-state index in [2.05, 4.69) is 14.8 Å². The highest BCUT2D eigenvalue weighted by Crippen LogP contribution is 2.23. The van der Waals surface area contributed by atoms with Crippen molar-refractivity contribution in [3.63, 3.8) is 0 Å². The van der Waals surface area contributed by atoms with Crippen LogP contribution < -0.4 is 14.8 Å². The van der Waals surface area contributed by atoms with Gasteiger partial charge in [-0.2, -0.15) is 0 Å². The zero-order valence-electron chi connectivity index (χ0n) is 14.5. The van der Waals surface area contributed by atoms with Gasteiger partial charge in [-0.25, -0.2) is 13.1 Å². The first-order valence-electron chi connectivity index (χ1n) is 7.94. The van der Waals surface area contributed by atoms with Gasteiger partial charge in [0.1, 0.15) is 5.75 Å². The Bertz CT molecular complexity index is 729. The molecule has 7 nitrogen and oxygen atoms in total. The molecular formula is C15H21ClF3N3O4S. The van der Waals surface area contributed by atoms with Crippen LogP contribution in [0.25, 0.3) is 0 Å². The van der Waals surface area contributed by atoms with Crippen LogP contribution in [0, 0.1) is 0 Å². The lowest BCUT2D eigenvalue weighted by molar-refractivity contribution is -0.274. The van der Waals surface area contributed by atoms with Gasteiger partial charge in [0.2, 0.25) is 15.9 Å². The van der Waals surface area contributed by atoms with E-state index >= 15 is 0 Å². The second-order valence-corrected chi connectivity index (χ2v) is 7.57. The summed E-state index contributed by atoms with van der Waals surface area (Å²) in [5.74, 6) is -0.671. The summed E-state index contributed by atoms with van der Waals surface area (Å²) >= 11 is 0. The van der Waals surface area contributed by atoms with E-state index in [1.165, 1.54) is 0 Å². The molecule has 1 fully saturated rings. The lowest BCUT2D eigenvalue weighted by atomic mass is 10.2. The summed E-state index contributed by atoms with van der Waals surface area (Å²) in [5, 5.41) is 3.15. The zero-order chi connectivity index (χ0) is 19.4. The molecule has 12 heteroatoms. The third-order valence-electron chi connectivity index (χ3n) is 3.82. The fourth-order valence-electron chi connectivity index (χ4n) is 2.55. The van der Waals surface area contributed by atoms with Crippen molar-refractivity contribution in [2.75, 3.05) is 26.2 Å². The third kappa shape index (κ3) is 7.17. The minimum absolute atomic E-state index is 0. The van der Waals surface area contributed by atoms with Gasteiger partial charge in [0.15, 0.2) is 0 Å². The molecule has 1 aliphatic rings. The average molecular weight is 432 g/mol. The van der Waals surface area contributed by atoms with Crippen LogP contribution in [0.15, 0.2) is 29.2 Å². The van der Waals surface area contributed by atoms with Gasteiger partial charge in [0, 0.05) is 38.6 Å². The second-order valence-electron chi connectivity index (χ2n) is 5.81. The molecule has 0 bridgehead atoms. The molecule has 27 heavy (non-hydrogen) atoms. The molecule has 0 unspecified atom stereocenters. The van der Waals surface area contributed by atoms with E-state index < -0.39 is 22.1 Å². The van der Waals surface area contributed by atoms with Gasteiger partial charge in [-0.05, 0) is 31.2 Å². The highest BCUT2D eigenvalue weighted by atomic mass is 35.5. The van der Waals surface area contributed by atoms with Crippen LogP contribution in [0.3, 0.4) is 0 Å². The summed E-state index contributed by atoms with van der Waals surface area (Å²) in [6.07, 6.45) is -4.85. The van der Waals surface area contributed by atoms with E-state index in [0.29, 0.717) is 19.6 Å². The summed E-state index contributed by atoms with van der Waals surface area (Å²) in [6.45, 7) is 3.74. The summed E-state index contributed by atoms with van der Waals surface area (Å²) < 4.78 is 66.6. The molecule has 1 aliphatic heterocycles. The number of benzene rings is 1. The number of hydrogen-bond donors (Lipinski definition) is 2. The number of hydrogen-bond acceptors (Lipinski definition) is 5. The number of amides is 1. The molecule has 1 saturated heterocycles. The number of nitrogens with zero attached hydrogens (tertiary/aromatic N) is 1. The number of halogens is 4. The second kappa shape index (κ2) is 9.58. The maximum Gasteiger partial charge on any atom is 0.573 e. The number of rotatable bonds is 6. The van der Waals surface area contributed by atoms with E-state index in [0.717, 1.165) is 24.3 Å². The number of piperazine rings is 1. The van der Waals surface area contributed by atoms with Crippen molar-refractivity contribution in [2.45, 2.75) is 30.6 Å². The highest BCUT2D eigenvalue weighted by molar-refractivity contribution is 7.89. The number of nitrogens with one attached hydrogen (secondary N) is 2. The van der Waals surface area contributed by atoms with Crippen molar-refractivity contribution in [2.24, 2.45) is 0 Å². The van der Waals surface area contributed by atoms with Gasteiger partial charge < -0.3 is 15.0 Å². The van der Waals surface area contributed by atoms with Gasteiger partial charge in [0.25, 0.3) is 0 Å². The Balaban J connectivity index is 0.00000364. The zero-order valence-corrected chi connectivity index (χ0v) is 16.1. The van der Waals surface area contributed by atoms with E-state index in [4.69, 9.17) is 0 Å². The fraction of sp³-hybridized carbons (Fsp3) is 0.533. The standard InChI is InChI=1S/C15H20F3N3O4S.ClH/c1-11-10-19-8-9-21(11)14(22)6-7-20-26(23,24)13-4-2-12(3-5-13)25-15(16,17)18;/h2-5,11,19-20H,6-10H2,1H3;1H/t11-;/m1./s1. The summed E-state index contributed by atoms with van der Waals surface area (Å²) in [6, 6.07) is 3.87. The van der Waals surface area contributed by atoms with Crippen molar-refractivity contribution < 1.29 is 31.1 Å². The Morgan fingerprint density at radius 3 is 2.52 bits per heavy atom. The van der Waals surface area contributed by atoms with Crippen molar-refractivity contribution >= 4 is 28.3 Å². The normalized spacial score (nSPS) is 17.9. The van der Waals surface area contributed by atoms with Gasteiger partial charge >= 0.3 is 6.36 Å². The first-order chi connectivity index (χ1) is 12.1. The number of ether oxygens (including phenoxy) is 1. The minimum atomic E-state index is -4.85. The number of alkyl halides is 3. The number of sulfonamides is 1. The molecule has 0 radical (unpaired) electrons. The van der Waals surface area contributed by atoms with Gasteiger partial charge in [-0.1, -0.05) is 0 Å². The van der Waals surface area contributed by atoms with Gasteiger partial charge in [-0.3, -0.25) is 4.79 Å². The molecule has 1 aromatic carbocycles. The van der Waals surface area contributed by atoms with Crippen LogP contribution in [-0.2, 0) is 14.8 Å². The Morgan fingerprint density at radius 1 is 1.33 bits per heavy atom. The number of carbonyl (C=O) groups is 1. The van der Waals surface area contributed by atoms with E-state index in [1.807, 2.05) is 6.92 Å². The number of carbonyl (C=O) groups excluding carboxylic acids is 1. The van der Waals surface area contributed by atoms with Gasteiger partial charge in [-0.15, -0.1) is 25.6 Å². The van der Waals surface area contributed by atoms with E-state index in [9.17, 15) is 26.4 Å².